The average Bonchev–Trinajstić information content (AvgIpc) is 2.45. The number of aliphatic hydroxyl groups excluding tert-OH is 1. The molecule has 0 spiro atoms. The fraction of sp³-hybridized carbons (Fsp3) is 0.941. The number of aliphatic hydroxyl groups is 1. The van der Waals surface area contributed by atoms with E-state index in [2.05, 4.69) is 19.2 Å². The minimum atomic E-state index is -0.496. The molecule has 1 rings (SSSR count). The van der Waals surface area contributed by atoms with Gasteiger partial charge in [-0.15, -0.1) is 0 Å². The monoisotopic (exact) mass is 283 g/mol. The summed E-state index contributed by atoms with van der Waals surface area (Å²) < 4.78 is 0. The van der Waals surface area contributed by atoms with Crippen LogP contribution in [0.4, 0.5) is 0 Å². The van der Waals surface area contributed by atoms with Crippen molar-refractivity contribution >= 4 is 5.91 Å². The van der Waals surface area contributed by atoms with Gasteiger partial charge in [0, 0.05) is 6.54 Å². The molecular weight excluding hydrogens is 250 g/mol. The van der Waals surface area contributed by atoms with Crippen molar-refractivity contribution in [3.05, 3.63) is 0 Å². The van der Waals surface area contributed by atoms with Gasteiger partial charge in [-0.2, -0.15) is 0 Å². The first kappa shape index (κ1) is 17.5. The van der Waals surface area contributed by atoms with E-state index in [1.165, 1.54) is 32.1 Å². The van der Waals surface area contributed by atoms with Crippen LogP contribution in [0.5, 0.6) is 0 Å². The molecule has 2 unspecified atom stereocenters. The Morgan fingerprint density at radius 2 is 1.80 bits per heavy atom. The smallest absolute Gasteiger partial charge is 0.225 e. The highest BCUT2D eigenvalue weighted by Crippen LogP contribution is 2.23. The van der Waals surface area contributed by atoms with Crippen LogP contribution < -0.4 is 5.32 Å². The second kappa shape index (κ2) is 9.38. The predicted molar refractivity (Wildman–Crippen MR) is 83.4 cm³/mol. The maximum atomic E-state index is 12.0. The van der Waals surface area contributed by atoms with Crippen molar-refractivity contribution in [1.82, 2.24) is 5.32 Å². The molecule has 20 heavy (non-hydrogen) atoms. The van der Waals surface area contributed by atoms with Crippen molar-refractivity contribution in [3.63, 3.8) is 0 Å². The van der Waals surface area contributed by atoms with Crippen LogP contribution in [0.2, 0.25) is 0 Å². The van der Waals surface area contributed by atoms with Gasteiger partial charge >= 0.3 is 0 Å². The Labute approximate surface area is 124 Å². The summed E-state index contributed by atoms with van der Waals surface area (Å²) in [6, 6.07) is 0. The fourth-order valence-electron chi connectivity index (χ4n) is 3.10. The molecule has 3 nitrogen and oxygen atoms in total. The Morgan fingerprint density at radius 3 is 2.50 bits per heavy atom. The van der Waals surface area contributed by atoms with Gasteiger partial charge in [0.05, 0.1) is 12.0 Å². The summed E-state index contributed by atoms with van der Waals surface area (Å²) in [5.74, 6) is 1.19. The molecule has 0 aliphatic carbocycles. The van der Waals surface area contributed by atoms with E-state index in [1.54, 1.807) is 0 Å². The van der Waals surface area contributed by atoms with Crippen LogP contribution in [0.1, 0.15) is 72.1 Å². The van der Waals surface area contributed by atoms with Crippen LogP contribution >= 0.6 is 0 Å². The van der Waals surface area contributed by atoms with Gasteiger partial charge in [0.1, 0.15) is 0 Å². The molecule has 0 aromatic rings. The van der Waals surface area contributed by atoms with Gasteiger partial charge in [-0.05, 0) is 37.5 Å². The van der Waals surface area contributed by atoms with Gasteiger partial charge < -0.3 is 10.4 Å². The van der Waals surface area contributed by atoms with Crippen molar-refractivity contribution in [2.45, 2.75) is 78.2 Å². The number of hydrogen-bond acceptors (Lipinski definition) is 2. The molecule has 0 saturated carbocycles. The number of amides is 1. The molecule has 4 atom stereocenters. The lowest BCUT2D eigenvalue weighted by molar-refractivity contribution is -0.128. The van der Waals surface area contributed by atoms with E-state index in [0.717, 1.165) is 31.7 Å². The van der Waals surface area contributed by atoms with E-state index in [0.29, 0.717) is 5.92 Å². The van der Waals surface area contributed by atoms with E-state index < -0.39 is 6.10 Å². The number of nitrogens with one attached hydrogen (secondary N) is 1. The molecule has 0 bridgehead atoms. The molecule has 1 aliphatic heterocycles. The van der Waals surface area contributed by atoms with Gasteiger partial charge in [-0.1, -0.05) is 46.5 Å². The molecule has 0 aromatic heterocycles. The standard InChI is InChI=1S/C17H33NO2/c1-4-15-8-5-7-13(2)10-11-16(19)14(3)17(20)18-12-6-9-15/h13-16,19H,4-12H2,1-3H3,(H,18,20)/t13-,14+,15?,16?/m1/s1. The minimum Gasteiger partial charge on any atom is -0.392 e. The summed E-state index contributed by atoms with van der Waals surface area (Å²) in [7, 11) is 0. The Bertz CT molecular complexity index is 280. The van der Waals surface area contributed by atoms with Gasteiger partial charge in [0.15, 0.2) is 0 Å². The maximum absolute atomic E-state index is 12.0. The number of carbonyl (C=O) groups is 1. The van der Waals surface area contributed by atoms with Gasteiger partial charge in [-0.3, -0.25) is 4.79 Å². The lowest BCUT2D eigenvalue weighted by Crippen LogP contribution is -2.36. The maximum Gasteiger partial charge on any atom is 0.225 e. The van der Waals surface area contributed by atoms with E-state index in [9.17, 15) is 9.90 Å². The Hall–Kier alpha value is -0.570. The Balaban J connectivity index is 2.53. The quantitative estimate of drug-likeness (QED) is 0.773. The average molecular weight is 283 g/mol. The third kappa shape index (κ3) is 6.25. The zero-order valence-electron chi connectivity index (χ0n) is 13.5. The van der Waals surface area contributed by atoms with E-state index in [4.69, 9.17) is 0 Å². The van der Waals surface area contributed by atoms with Gasteiger partial charge in [0.2, 0.25) is 5.91 Å². The highest BCUT2D eigenvalue weighted by Gasteiger charge is 2.22. The molecule has 118 valence electrons. The molecule has 0 aromatic carbocycles. The summed E-state index contributed by atoms with van der Waals surface area (Å²) in [6.45, 7) is 7.13. The summed E-state index contributed by atoms with van der Waals surface area (Å²) >= 11 is 0. The van der Waals surface area contributed by atoms with Crippen LogP contribution in [0, 0.1) is 17.8 Å². The molecule has 2 N–H and O–H groups in total. The molecule has 0 radical (unpaired) electrons. The Kier molecular flexibility index (Phi) is 8.20. The van der Waals surface area contributed by atoms with E-state index in [-0.39, 0.29) is 11.8 Å². The lowest BCUT2D eigenvalue weighted by atomic mass is 9.89. The third-order valence-corrected chi connectivity index (χ3v) is 4.92. The first-order valence-corrected chi connectivity index (χ1v) is 8.50. The largest absolute Gasteiger partial charge is 0.392 e. The Morgan fingerprint density at radius 1 is 1.10 bits per heavy atom. The topological polar surface area (TPSA) is 49.3 Å². The van der Waals surface area contributed by atoms with Crippen molar-refractivity contribution in [3.8, 4) is 0 Å². The third-order valence-electron chi connectivity index (χ3n) is 4.92. The first-order chi connectivity index (χ1) is 9.54. The zero-order chi connectivity index (χ0) is 15.0. The lowest BCUT2D eigenvalue weighted by Gasteiger charge is -2.22. The molecule has 1 saturated heterocycles. The number of carbonyl (C=O) groups excluding carboxylic acids is 1. The molecule has 1 amide bonds. The highest BCUT2D eigenvalue weighted by molar-refractivity contribution is 5.78. The summed E-state index contributed by atoms with van der Waals surface area (Å²) in [4.78, 5) is 12.0. The second-order valence-electron chi connectivity index (χ2n) is 6.68. The molecule has 1 heterocycles. The molecular formula is C17H33NO2. The van der Waals surface area contributed by atoms with Crippen LogP contribution in [0.3, 0.4) is 0 Å². The second-order valence-corrected chi connectivity index (χ2v) is 6.68. The highest BCUT2D eigenvalue weighted by atomic mass is 16.3. The molecule has 1 aliphatic rings. The van der Waals surface area contributed by atoms with Crippen molar-refractivity contribution in [2.24, 2.45) is 17.8 Å². The summed E-state index contributed by atoms with van der Waals surface area (Å²) in [5.41, 5.74) is 0. The van der Waals surface area contributed by atoms with Crippen LogP contribution in [0.25, 0.3) is 0 Å². The van der Waals surface area contributed by atoms with Crippen LogP contribution in [0.15, 0.2) is 0 Å². The van der Waals surface area contributed by atoms with Crippen molar-refractivity contribution in [1.29, 1.82) is 0 Å². The van der Waals surface area contributed by atoms with E-state index in [1.807, 2.05) is 6.92 Å². The fourth-order valence-corrected chi connectivity index (χ4v) is 3.10. The summed E-state index contributed by atoms with van der Waals surface area (Å²) in [6.07, 6.45) is 8.66. The van der Waals surface area contributed by atoms with Crippen molar-refractivity contribution in [2.75, 3.05) is 6.54 Å². The van der Waals surface area contributed by atoms with Gasteiger partial charge in [0.25, 0.3) is 0 Å². The SMILES string of the molecule is CCC1CCCNC(=O)[C@@H](C)C(O)CC[C@H](C)CCC1. The van der Waals surface area contributed by atoms with Crippen molar-refractivity contribution < 1.29 is 9.90 Å². The minimum absolute atomic E-state index is 0.00950. The van der Waals surface area contributed by atoms with Crippen LogP contribution in [-0.4, -0.2) is 23.7 Å². The predicted octanol–water partition coefficient (Wildman–Crippen LogP) is 3.51. The first-order valence-electron chi connectivity index (χ1n) is 8.50. The van der Waals surface area contributed by atoms with Gasteiger partial charge in [-0.25, -0.2) is 0 Å². The molecule has 1 fully saturated rings. The van der Waals surface area contributed by atoms with Crippen LogP contribution in [-0.2, 0) is 4.79 Å². The van der Waals surface area contributed by atoms with E-state index >= 15 is 0 Å². The normalized spacial score (nSPS) is 35.1. The zero-order valence-corrected chi connectivity index (χ0v) is 13.5. The number of hydrogen-bond donors (Lipinski definition) is 2. The summed E-state index contributed by atoms with van der Waals surface area (Å²) in [5, 5.41) is 13.1. The molecule has 3 heteroatoms. The number of rotatable bonds is 1.